The van der Waals surface area contributed by atoms with Crippen molar-refractivity contribution in [2.75, 3.05) is 13.2 Å². The van der Waals surface area contributed by atoms with E-state index in [9.17, 15) is 23.9 Å². The van der Waals surface area contributed by atoms with Gasteiger partial charge < -0.3 is 20.5 Å². The number of cyclic esters (lactones) is 1. The van der Waals surface area contributed by atoms with Crippen molar-refractivity contribution in [2.45, 2.75) is 51.1 Å². The minimum atomic E-state index is -0.611. The van der Waals surface area contributed by atoms with E-state index in [0.29, 0.717) is 25.7 Å². The van der Waals surface area contributed by atoms with Gasteiger partial charge in [0.25, 0.3) is 0 Å². The lowest BCUT2D eigenvalue weighted by Crippen LogP contribution is -2.44. The maximum Gasteiger partial charge on any atom is 0.309 e. The molecule has 0 saturated heterocycles. The van der Waals surface area contributed by atoms with Crippen LogP contribution in [0.4, 0.5) is 4.39 Å². The van der Waals surface area contributed by atoms with Gasteiger partial charge in [-0.2, -0.15) is 0 Å². The number of carbonyl (C=O) groups is 3. The second kappa shape index (κ2) is 14.3. The minimum absolute atomic E-state index is 0.0107. The van der Waals surface area contributed by atoms with E-state index >= 15 is 0 Å². The number of esters is 1. The predicted molar refractivity (Wildman–Crippen MR) is 138 cm³/mol. The van der Waals surface area contributed by atoms with Crippen molar-refractivity contribution in [1.82, 2.24) is 10.6 Å². The lowest BCUT2D eigenvalue weighted by atomic mass is 9.94. The number of ether oxygens (including phenoxy) is 1. The first-order chi connectivity index (χ1) is 17.8. The number of allylic oxidation sites excluding steroid dienone is 2. The van der Waals surface area contributed by atoms with E-state index in [2.05, 4.69) is 10.6 Å². The Hall–Kier alpha value is -3.52. The molecule has 0 bridgehead atoms. The Labute approximate surface area is 217 Å². The third-order valence-electron chi connectivity index (χ3n) is 6.31. The molecule has 1 heterocycles. The molecular weight excluding hydrogens is 475 g/mol. The summed E-state index contributed by atoms with van der Waals surface area (Å²) < 4.78 is 18.7. The van der Waals surface area contributed by atoms with Gasteiger partial charge in [0.2, 0.25) is 11.8 Å². The molecule has 1 aliphatic rings. The molecule has 2 amide bonds. The second-order valence-corrected chi connectivity index (χ2v) is 9.55. The molecule has 7 nitrogen and oxygen atoms in total. The fraction of sp³-hybridized carbons (Fsp3) is 0.414. The van der Waals surface area contributed by atoms with Crippen LogP contribution in [0.3, 0.4) is 0 Å². The lowest BCUT2D eigenvalue weighted by molar-refractivity contribution is -0.149. The zero-order valence-electron chi connectivity index (χ0n) is 21.1. The summed E-state index contributed by atoms with van der Waals surface area (Å²) in [4.78, 5) is 38.3. The molecule has 0 aromatic heterocycles. The Morgan fingerprint density at radius 1 is 1.05 bits per heavy atom. The third-order valence-corrected chi connectivity index (χ3v) is 6.31. The second-order valence-electron chi connectivity index (χ2n) is 9.55. The highest BCUT2D eigenvalue weighted by Crippen LogP contribution is 2.18. The van der Waals surface area contributed by atoms with E-state index in [0.717, 1.165) is 11.1 Å². The lowest BCUT2D eigenvalue weighted by Gasteiger charge is -2.23. The molecule has 2 aromatic rings. The van der Waals surface area contributed by atoms with Crippen molar-refractivity contribution in [1.29, 1.82) is 0 Å². The zero-order chi connectivity index (χ0) is 26.6. The molecular formula is C29H35FN2O5. The molecule has 1 aliphatic heterocycles. The molecule has 2 aromatic carbocycles. The van der Waals surface area contributed by atoms with Crippen LogP contribution in [0.15, 0.2) is 66.7 Å². The van der Waals surface area contributed by atoms with E-state index < -0.39 is 23.9 Å². The van der Waals surface area contributed by atoms with Crippen molar-refractivity contribution < 1.29 is 28.6 Å². The number of nitrogens with one attached hydrogen (secondary N) is 2. The zero-order valence-corrected chi connectivity index (χ0v) is 21.1. The first kappa shape index (κ1) is 28.1. The largest absolute Gasteiger partial charge is 0.463 e. The molecule has 198 valence electrons. The van der Waals surface area contributed by atoms with Gasteiger partial charge in [-0.25, -0.2) is 4.39 Å². The Bertz CT molecular complexity index is 1060. The normalized spacial score (nSPS) is 22.5. The molecule has 0 fully saturated rings. The van der Waals surface area contributed by atoms with Crippen LogP contribution in [0.1, 0.15) is 37.3 Å². The van der Waals surface area contributed by atoms with Crippen LogP contribution in [0, 0.1) is 17.7 Å². The fourth-order valence-electron chi connectivity index (χ4n) is 4.27. The van der Waals surface area contributed by atoms with Crippen LogP contribution in [-0.2, 0) is 32.0 Å². The van der Waals surface area contributed by atoms with Crippen molar-refractivity contribution in [3.05, 3.63) is 83.7 Å². The Morgan fingerprint density at radius 2 is 1.73 bits per heavy atom. The van der Waals surface area contributed by atoms with Gasteiger partial charge in [-0.05, 0) is 55.9 Å². The molecule has 3 rings (SSSR count). The number of aliphatic hydroxyl groups is 1. The number of aliphatic hydroxyl groups excluding tert-OH is 1. The summed E-state index contributed by atoms with van der Waals surface area (Å²) >= 11 is 0. The van der Waals surface area contributed by atoms with Gasteiger partial charge in [0.05, 0.1) is 30.5 Å². The van der Waals surface area contributed by atoms with Crippen molar-refractivity contribution in [2.24, 2.45) is 11.8 Å². The summed E-state index contributed by atoms with van der Waals surface area (Å²) in [6, 6.07) is 14.7. The molecule has 8 heteroatoms. The van der Waals surface area contributed by atoms with Gasteiger partial charge in [0, 0.05) is 6.42 Å². The SMILES string of the molecule is C[C@H]1COC(=O)[C@@H](Cc2ccc(F)cc2)C/C=C\C[C@@H](CC(=O)N[C@@H](CO)Cc2ccccc2)C(=O)N1. The standard InChI is InChI=1S/C29H35FN2O5/c1-20-19-37-29(36)24(15-22-11-13-25(30)14-12-22)10-6-5-9-23(28(35)31-20)17-27(34)32-26(18-33)16-21-7-3-2-4-8-21/h2-8,11-14,20,23-24,26,33H,9-10,15-19H2,1H3,(H,31,35)(H,32,34)/b6-5-/t20-,23-,24+,26+/m0/s1. The fourth-order valence-corrected chi connectivity index (χ4v) is 4.27. The summed E-state index contributed by atoms with van der Waals surface area (Å²) in [5.41, 5.74) is 1.82. The van der Waals surface area contributed by atoms with E-state index in [1.54, 1.807) is 19.1 Å². The molecule has 0 radical (unpaired) electrons. The Morgan fingerprint density at radius 3 is 2.41 bits per heavy atom. The highest BCUT2D eigenvalue weighted by molar-refractivity contribution is 5.86. The predicted octanol–water partition coefficient (Wildman–Crippen LogP) is 3.11. The summed E-state index contributed by atoms with van der Waals surface area (Å²) in [5.74, 6) is -2.39. The summed E-state index contributed by atoms with van der Waals surface area (Å²) in [7, 11) is 0. The summed E-state index contributed by atoms with van der Waals surface area (Å²) in [6.07, 6.45) is 5.21. The van der Waals surface area contributed by atoms with Gasteiger partial charge in [0.1, 0.15) is 12.4 Å². The average molecular weight is 511 g/mol. The maximum absolute atomic E-state index is 13.3. The number of benzene rings is 2. The number of carbonyl (C=O) groups excluding carboxylic acids is 3. The number of hydrogen-bond acceptors (Lipinski definition) is 5. The highest BCUT2D eigenvalue weighted by atomic mass is 19.1. The topological polar surface area (TPSA) is 105 Å². The van der Waals surface area contributed by atoms with Crippen molar-refractivity contribution >= 4 is 17.8 Å². The molecule has 37 heavy (non-hydrogen) atoms. The van der Waals surface area contributed by atoms with E-state index in [1.165, 1.54) is 12.1 Å². The summed E-state index contributed by atoms with van der Waals surface area (Å²) in [5, 5.41) is 15.4. The molecule has 4 atom stereocenters. The first-order valence-corrected chi connectivity index (χ1v) is 12.6. The third kappa shape index (κ3) is 9.46. The van der Waals surface area contributed by atoms with Gasteiger partial charge >= 0.3 is 5.97 Å². The number of amides is 2. The minimum Gasteiger partial charge on any atom is -0.463 e. The molecule has 0 unspecified atom stereocenters. The van der Waals surface area contributed by atoms with Crippen LogP contribution in [0.2, 0.25) is 0 Å². The Balaban J connectivity index is 1.63. The van der Waals surface area contributed by atoms with Crippen LogP contribution >= 0.6 is 0 Å². The molecule has 3 N–H and O–H groups in total. The number of halogens is 1. The smallest absolute Gasteiger partial charge is 0.309 e. The van der Waals surface area contributed by atoms with E-state index in [1.807, 2.05) is 42.5 Å². The van der Waals surface area contributed by atoms with E-state index in [-0.39, 0.29) is 43.2 Å². The molecule has 0 saturated carbocycles. The number of hydrogen-bond donors (Lipinski definition) is 3. The quantitative estimate of drug-likeness (QED) is 0.374. The molecule has 0 aliphatic carbocycles. The highest BCUT2D eigenvalue weighted by Gasteiger charge is 2.26. The first-order valence-electron chi connectivity index (χ1n) is 12.6. The average Bonchev–Trinajstić information content (AvgIpc) is 2.89. The van der Waals surface area contributed by atoms with Crippen LogP contribution < -0.4 is 10.6 Å². The van der Waals surface area contributed by atoms with Crippen LogP contribution in [0.25, 0.3) is 0 Å². The molecule has 0 spiro atoms. The van der Waals surface area contributed by atoms with Gasteiger partial charge in [-0.1, -0.05) is 54.6 Å². The van der Waals surface area contributed by atoms with Gasteiger partial charge in [-0.3, -0.25) is 14.4 Å². The van der Waals surface area contributed by atoms with E-state index in [4.69, 9.17) is 4.74 Å². The van der Waals surface area contributed by atoms with Crippen molar-refractivity contribution in [3.63, 3.8) is 0 Å². The summed E-state index contributed by atoms with van der Waals surface area (Å²) in [6.45, 7) is 1.53. The van der Waals surface area contributed by atoms with Crippen molar-refractivity contribution in [3.8, 4) is 0 Å². The van der Waals surface area contributed by atoms with Crippen LogP contribution in [0.5, 0.6) is 0 Å². The Kier molecular flexibility index (Phi) is 10.8. The van der Waals surface area contributed by atoms with Crippen LogP contribution in [-0.4, -0.2) is 48.2 Å². The van der Waals surface area contributed by atoms with Gasteiger partial charge in [-0.15, -0.1) is 0 Å². The van der Waals surface area contributed by atoms with Gasteiger partial charge in [0.15, 0.2) is 0 Å². The number of rotatable bonds is 8. The maximum atomic E-state index is 13.3. The monoisotopic (exact) mass is 510 g/mol.